The van der Waals surface area contributed by atoms with Crippen molar-refractivity contribution < 1.29 is 13.2 Å². The van der Waals surface area contributed by atoms with E-state index in [0.29, 0.717) is 0 Å². The van der Waals surface area contributed by atoms with Gasteiger partial charge in [-0.15, -0.1) is 11.3 Å². The monoisotopic (exact) mass is 358 g/mol. The van der Waals surface area contributed by atoms with E-state index in [4.69, 9.17) is 0 Å². The molecule has 7 heteroatoms. The van der Waals surface area contributed by atoms with Gasteiger partial charge in [-0.2, -0.15) is 4.72 Å². The summed E-state index contributed by atoms with van der Waals surface area (Å²) in [5, 5.41) is 4.76. The molecule has 1 aliphatic carbocycles. The SMILES string of the molecule is CC(C)C(NS(=O)(=O)c1cccs1)C(=O)NC1CCCCCC1. The van der Waals surface area contributed by atoms with Crippen LogP contribution in [0.25, 0.3) is 0 Å². The minimum absolute atomic E-state index is 0.115. The van der Waals surface area contributed by atoms with Gasteiger partial charge in [0.15, 0.2) is 0 Å². The molecule has 1 amide bonds. The molecule has 1 fully saturated rings. The second-order valence-corrected chi connectivity index (χ2v) is 9.36. The fourth-order valence-electron chi connectivity index (χ4n) is 2.85. The maximum Gasteiger partial charge on any atom is 0.250 e. The van der Waals surface area contributed by atoms with Crippen LogP contribution in [0.2, 0.25) is 0 Å². The van der Waals surface area contributed by atoms with E-state index in [0.717, 1.165) is 37.0 Å². The van der Waals surface area contributed by atoms with Gasteiger partial charge >= 0.3 is 0 Å². The van der Waals surface area contributed by atoms with E-state index in [2.05, 4.69) is 10.0 Å². The van der Waals surface area contributed by atoms with Crippen molar-refractivity contribution in [3.8, 4) is 0 Å². The summed E-state index contributed by atoms with van der Waals surface area (Å²) in [4.78, 5) is 12.6. The van der Waals surface area contributed by atoms with Gasteiger partial charge in [0, 0.05) is 6.04 Å². The Morgan fingerprint density at radius 1 is 1.22 bits per heavy atom. The first kappa shape index (κ1) is 18.4. The first-order valence-corrected chi connectivity index (χ1v) is 10.6. The molecule has 1 aromatic heterocycles. The number of hydrogen-bond acceptors (Lipinski definition) is 4. The van der Waals surface area contributed by atoms with Crippen molar-refractivity contribution in [1.29, 1.82) is 0 Å². The molecule has 0 bridgehead atoms. The molecule has 0 aliphatic heterocycles. The van der Waals surface area contributed by atoms with Crippen molar-refractivity contribution in [3.63, 3.8) is 0 Å². The van der Waals surface area contributed by atoms with Gasteiger partial charge in [0.1, 0.15) is 10.3 Å². The Balaban J connectivity index is 2.04. The molecule has 130 valence electrons. The predicted octanol–water partition coefficient (Wildman–Crippen LogP) is 2.89. The largest absolute Gasteiger partial charge is 0.352 e. The minimum atomic E-state index is -3.65. The highest BCUT2D eigenvalue weighted by Crippen LogP contribution is 2.19. The van der Waals surface area contributed by atoms with Crippen LogP contribution >= 0.6 is 11.3 Å². The molecule has 1 unspecified atom stereocenters. The van der Waals surface area contributed by atoms with E-state index in [1.54, 1.807) is 17.5 Å². The summed E-state index contributed by atoms with van der Waals surface area (Å²) < 4.78 is 27.6. The molecule has 1 saturated carbocycles. The van der Waals surface area contributed by atoms with Crippen molar-refractivity contribution in [3.05, 3.63) is 17.5 Å². The van der Waals surface area contributed by atoms with E-state index in [1.807, 2.05) is 13.8 Å². The molecule has 5 nitrogen and oxygen atoms in total. The van der Waals surface area contributed by atoms with Crippen molar-refractivity contribution in [2.24, 2.45) is 5.92 Å². The molecule has 1 aromatic rings. The highest BCUT2D eigenvalue weighted by molar-refractivity contribution is 7.91. The third-order valence-corrected chi connectivity index (χ3v) is 7.03. The van der Waals surface area contributed by atoms with Crippen LogP contribution in [0.15, 0.2) is 21.7 Å². The van der Waals surface area contributed by atoms with Crippen LogP contribution in [-0.4, -0.2) is 26.4 Å². The van der Waals surface area contributed by atoms with E-state index in [9.17, 15) is 13.2 Å². The number of rotatable bonds is 6. The van der Waals surface area contributed by atoms with Gasteiger partial charge in [-0.1, -0.05) is 45.6 Å². The average Bonchev–Trinajstić information content (AvgIpc) is 2.92. The maximum atomic E-state index is 12.6. The quantitative estimate of drug-likeness (QED) is 0.768. The molecule has 1 atom stereocenters. The zero-order valence-corrected chi connectivity index (χ0v) is 15.4. The smallest absolute Gasteiger partial charge is 0.250 e. The second kappa shape index (κ2) is 8.26. The van der Waals surface area contributed by atoms with Crippen LogP contribution in [0.5, 0.6) is 0 Å². The zero-order valence-electron chi connectivity index (χ0n) is 13.7. The number of hydrogen-bond donors (Lipinski definition) is 2. The third kappa shape index (κ3) is 5.29. The van der Waals surface area contributed by atoms with Gasteiger partial charge in [0.2, 0.25) is 5.91 Å². The molecule has 2 N–H and O–H groups in total. The molecular formula is C16H26N2O3S2. The molecular weight excluding hydrogens is 332 g/mol. The fraction of sp³-hybridized carbons (Fsp3) is 0.688. The van der Waals surface area contributed by atoms with Crippen molar-refractivity contribution in [2.75, 3.05) is 0 Å². The summed E-state index contributed by atoms with van der Waals surface area (Å²) >= 11 is 1.15. The Morgan fingerprint density at radius 3 is 2.39 bits per heavy atom. The van der Waals surface area contributed by atoms with Gasteiger partial charge in [0.25, 0.3) is 10.0 Å². The van der Waals surface area contributed by atoms with Gasteiger partial charge in [-0.05, 0) is 30.2 Å². The highest BCUT2D eigenvalue weighted by atomic mass is 32.2. The lowest BCUT2D eigenvalue weighted by atomic mass is 10.0. The van der Waals surface area contributed by atoms with Crippen LogP contribution in [0.1, 0.15) is 52.4 Å². The van der Waals surface area contributed by atoms with Crippen LogP contribution < -0.4 is 10.0 Å². The first-order chi connectivity index (χ1) is 10.9. The molecule has 2 rings (SSSR count). The second-order valence-electron chi connectivity index (χ2n) is 6.47. The van der Waals surface area contributed by atoms with Crippen LogP contribution in [0, 0.1) is 5.92 Å². The summed E-state index contributed by atoms with van der Waals surface area (Å²) in [6, 6.07) is 2.66. The lowest BCUT2D eigenvalue weighted by molar-refractivity contribution is -0.124. The Bertz CT molecular complexity index is 589. The van der Waals surface area contributed by atoms with Gasteiger partial charge in [-0.3, -0.25) is 4.79 Å². The topological polar surface area (TPSA) is 75.3 Å². The van der Waals surface area contributed by atoms with E-state index >= 15 is 0 Å². The third-order valence-electron chi connectivity index (χ3n) is 4.19. The Labute approximate surface area is 142 Å². The minimum Gasteiger partial charge on any atom is -0.352 e. The van der Waals surface area contributed by atoms with Gasteiger partial charge in [-0.25, -0.2) is 8.42 Å². The number of carbonyl (C=O) groups is 1. The molecule has 0 aromatic carbocycles. The number of sulfonamides is 1. The molecule has 1 aliphatic rings. The molecule has 1 heterocycles. The Morgan fingerprint density at radius 2 is 1.87 bits per heavy atom. The molecule has 0 spiro atoms. The fourth-order valence-corrected chi connectivity index (χ4v) is 5.20. The van der Waals surface area contributed by atoms with E-state index < -0.39 is 16.1 Å². The molecule has 0 radical (unpaired) electrons. The summed E-state index contributed by atoms with van der Waals surface area (Å²) in [6.07, 6.45) is 6.63. The predicted molar refractivity (Wildman–Crippen MR) is 92.9 cm³/mol. The molecule has 23 heavy (non-hydrogen) atoms. The van der Waals surface area contributed by atoms with Gasteiger partial charge < -0.3 is 5.32 Å². The number of thiophene rings is 1. The van der Waals surface area contributed by atoms with E-state index in [1.165, 1.54) is 12.8 Å². The summed E-state index contributed by atoms with van der Waals surface area (Å²) in [5.74, 6) is -0.331. The summed E-state index contributed by atoms with van der Waals surface area (Å²) in [5.41, 5.74) is 0. The highest BCUT2D eigenvalue weighted by Gasteiger charge is 2.30. The Hall–Kier alpha value is -0.920. The normalized spacial score (nSPS) is 18.6. The van der Waals surface area contributed by atoms with Crippen LogP contribution in [-0.2, 0) is 14.8 Å². The lowest BCUT2D eigenvalue weighted by Crippen LogP contribution is -2.51. The number of amides is 1. The zero-order chi connectivity index (χ0) is 16.9. The summed E-state index contributed by atoms with van der Waals surface area (Å²) in [6.45, 7) is 3.71. The maximum absolute atomic E-state index is 12.6. The van der Waals surface area contributed by atoms with E-state index in [-0.39, 0.29) is 22.1 Å². The molecule has 0 saturated heterocycles. The first-order valence-electron chi connectivity index (χ1n) is 8.26. The van der Waals surface area contributed by atoms with Crippen LogP contribution in [0.4, 0.5) is 0 Å². The average molecular weight is 359 g/mol. The standard InChI is InChI=1S/C16H26N2O3S2/c1-12(2)15(18-23(20,21)14-10-7-11-22-14)16(19)17-13-8-5-3-4-6-9-13/h7,10-13,15,18H,3-6,8-9H2,1-2H3,(H,17,19). The van der Waals surface area contributed by atoms with Crippen molar-refractivity contribution in [1.82, 2.24) is 10.0 Å². The van der Waals surface area contributed by atoms with Gasteiger partial charge in [0.05, 0.1) is 0 Å². The number of carbonyl (C=O) groups excluding carboxylic acids is 1. The lowest BCUT2D eigenvalue weighted by Gasteiger charge is -2.24. The number of nitrogens with one attached hydrogen (secondary N) is 2. The summed E-state index contributed by atoms with van der Waals surface area (Å²) in [7, 11) is -3.65. The van der Waals surface area contributed by atoms with Crippen molar-refractivity contribution in [2.45, 2.75) is 68.7 Å². The Kier molecular flexibility index (Phi) is 6.61. The van der Waals surface area contributed by atoms with Crippen molar-refractivity contribution >= 4 is 27.3 Å². The van der Waals surface area contributed by atoms with Crippen LogP contribution in [0.3, 0.4) is 0 Å².